The molecular weight excluding hydrogens is 656 g/mol. The monoisotopic (exact) mass is 698 g/mol. The van der Waals surface area contributed by atoms with Gasteiger partial charge in [-0.2, -0.15) is 0 Å². The quantitative estimate of drug-likeness (QED) is 0.209. The van der Waals surface area contributed by atoms with E-state index in [1.165, 1.54) is 5.69 Å². The first-order chi connectivity index (χ1) is 25.3. The maximum atomic E-state index is 13.3. The number of pyridine rings is 1. The van der Waals surface area contributed by atoms with Crippen LogP contribution in [0.2, 0.25) is 0 Å². The molecule has 0 radical (unpaired) electrons. The molecule has 3 N–H and O–H groups in total. The molecule has 3 amide bonds. The van der Waals surface area contributed by atoms with E-state index in [1.807, 2.05) is 30.5 Å². The number of nitrogens with zero attached hydrogens (tertiary/aromatic N) is 5. The van der Waals surface area contributed by atoms with Crippen LogP contribution in [-0.2, 0) is 28.5 Å². The van der Waals surface area contributed by atoms with Gasteiger partial charge in [-0.3, -0.25) is 38.7 Å². The summed E-state index contributed by atoms with van der Waals surface area (Å²) in [6.07, 6.45) is 6.39. The molecule has 1 aliphatic carbocycles. The van der Waals surface area contributed by atoms with E-state index in [0.717, 1.165) is 115 Å². The van der Waals surface area contributed by atoms with E-state index in [2.05, 4.69) is 66.8 Å². The van der Waals surface area contributed by atoms with Crippen molar-refractivity contribution in [2.75, 3.05) is 44.2 Å². The van der Waals surface area contributed by atoms with Crippen molar-refractivity contribution >= 4 is 34.4 Å². The summed E-state index contributed by atoms with van der Waals surface area (Å²) < 4.78 is 3.20. The number of aryl methyl sites for hydroxylation is 2. The molecule has 52 heavy (non-hydrogen) atoms. The Hall–Kier alpha value is -5.49. The fourth-order valence-corrected chi connectivity index (χ4v) is 8.49. The van der Waals surface area contributed by atoms with Crippen LogP contribution in [0.1, 0.15) is 59.8 Å². The number of aromatic amines is 1. The molecular formula is C40H42N8O4. The molecule has 6 heterocycles. The van der Waals surface area contributed by atoms with E-state index in [4.69, 9.17) is 0 Å². The molecule has 4 aliphatic rings. The number of carbonyl (C=O) groups excluding carboxylic acids is 3. The molecule has 1 spiro atoms. The fraction of sp³-hybridized carbons (Fsp3) is 0.375. The number of amides is 3. The Morgan fingerprint density at radius 1 is 0.923 bits per heavy atom. The number of hydrogen-bond donors (Lipinski definition) is 3. The summed E-state index contributed by atoms with van der Waals surface area (Å²) in [7, 11) is 1.76. The third kappa shape index (κ3) is 5.61. The number of imide groups is 1. The van der Waals surface area contributed by atoms with Crippen LogP contribution in [0.25, 0.3) is 33.5 Å². The van der Waals surface area contributed by atoms with Gasteiger partial charge in [-0.1, -0.05) is 24.3 Å². The first kappa shape index (κ1) is 32.4. The number of H-pyrrole nitrogens is 1. The maximum absolute atomic E-state index is 13.3. The second-order valence-corrected chi connectivity index (χ2v) is 14.8. The highest BCUT2D eigenvalue weighted by atomic mass is 16.2. The van der Waals surface area contributed by atoms with Crippen molar-refractivity contribution in [2.45, 2.75) is 50.0 Å². The number of aromatic nitrogens is 4. The van der Waals surface area contributed by atoms with Gasteiger partial charge in [0.15, 0.2) is 0 Å². The average molecular weight is 699 g/mol. The Labute approximate surface area is 300 Å². The molecule has 2 aromatic carbocycles. The van der Waals surface area contributed by atoms with Crippen LogP contribution < -0.4 is 21.2 Å². The van der Waals surface area contributed by atoms with Gasteiger partial charge in [-0.05, 0) is 80.6 Å². The number of carbonyl (C=O) groups is 3. The van der Waals surface area contributed by atoms with Crippen LogP contribution >= 0.6 is 0 Å². The molecule has 3 aliphatic heterocycles. The van der Waals surface area contributed by atoms with Gasteiger partial charge in [0.1, 0.15) is 6.04 Å². The van der Waals surface area contributed by atoms with Crippen molar-refractivity contribution in [1.82, 2.24) is 34.6 Å². The first-order valence-electron chi connectivity index (χ1n) is 18.4. The van der Waals surface area contributed by atoms with Crippen LogP contribution in [0.4, 0.5) is 5.69 Å². The van der Waals surface area contributed by atoms with Gasteiger partial charge in [0.05, 0.1) is 22.3 Å². The number of piperidine rings is 1. The number of hydrogen-bond acceptors (Lipinski definition) is 7. The molecule has 1 atom stereocenters. The number of benzene rings is 2. The zero-order valence-electron chi connectivity index (χ0n) is 29.3. The van der Waals surface area contributed by atoms with Crippen LogP contribution in [0, 0.1) is 0 Å². The summed E-state index contributed by atoms with van der Waals surface area (Å²) >= 11 is 0. The second-order valence-electron chi connectivity index (χ2n) is 14.8. The topological polar surface area (TPSA) is 137 Å². The molecule has 3 aromatic heterocycles. The molecule has 9 rings (SSSR count). The van der Waals surface area contributed by atoms with E-state index in [9.17, 15) is 19.2 Å². The van der Waals surface area contributed by atoms with Crippen LogP contribution in [0.15, 0.2) is 71.7 Å². The lowest BCUT2D eigenvalue weighted by atomic mass is 9.95. The minimum absolute atomic E-state index is 0.00385. The largest absolute Gasteiger partial charge is 0.369 e. The maximum Gasteiger partial charge on any atom is 0.329 e. The lowest BCUT2D eigenvalue weighted by Gasteiger charge is -2.36. The smallest absolute Gasteiger partial charge is 0.329 e. The number of para-hydroxylation sites is 1. The van der Waals surface area contributed by atoms with Gasteiger partial charge in [0, 0.05) is 86.0 Å². The molecule has 12 heteroatoms. The van der Waals surface area contributed by atoms with Crippen molar-refractivity contribution in [1.29, 1.82) is 0 Å². The number of nitrogens with one attached hydrogen (secondary N) is 3. The van der Waals surface area contributed by atoms with Gasteiger partial charge in [-0.25, -0.2) is 4.79 Å². The molecule has 3 fully saturated rings. The molecule has 1 unspecified atom stereocenters. The van der Waals surface area contributed by atoms with E-state index in [0.29, 0.717) is 6.42 Å². The highest BCUT2D eigenvalue weighted by Crippen LogP contribution is 2.50. The first-order valence-corrected chi connectivity index (χ1v) is 18.4. The van der Waals surface area contributed by atoms with Gasteiger partial charge < -0.3 is 15.2 Å². The van der Waals surface area contributed by atoms with E-state index in [-0.39, 0.29) is 29.3 Å². The molecule has 5 aromatic rings. The summed E-state index contributed by atoms with van der Waals surface area (Å²) in [5, 5.41) is 5.44. The van der Waals surface area contributed by atoms with Crippen LogP contribution in [0.3, 0.4) is 0 Å². The second kappa shape index (κ2) is 12.6. The summed E-state index contributed by atoms with van der Waals surface area (Å²) in [6, 6.07) is 20.0. The number of imidazole rings is 1. The van der Waals surface area contributed by atoms with Crippen molar-refractivity contribution in [2.24, 2.45) is 7.05 Å². The van der Waals surface area contributed by atoms with Crippen LogP contribution in [-0.4, -0.2) is 81.0 Å². The third-order valence-corrected chi connectivity index (χ3v) is 11.6. The Morgan fingerprint density at radius 3 is 2.50 bits per heavy atom. The minimum Gasteiger partial charge on any atom is -0.369 e. The van der Waals surface area contributed by atoms with Crippen molar-refractivity contribution in [3.8, 4) is 22.5 Å². The van der Waals surface area contributed by atoms with E-state index in [1.54, 1.807) is 16.2 Å². The molecule has 266 valence electrons. The highest BCUT2D eigenvalue weighted by molar-refractivity contribution is 6.00. The third-order valence-electron chi connectivity index (χ3n) is 11.6. The fourth-order valence-electron chi connectivity index (χ4n) is 8.49. The molecule has 0 bridgehead atoms. The van der Waals surface area contributed by atoms with Gasteiger partial charge in [0.25, 0.3) is 5.91 Å². The lowest BCUT2D eigenvalue weighted by Crippen LogP contribution is -2.46. The predicted octanol–water partition coefficient (Wildman–Crippen LogP) is 3.90. The molecule has 1 saturated carbocycles. The predicted molar refractivity (Wildman–Crippen MR) is 198 cm³/mol. The Morgan fingerprint density at radius 2 is 1.73 bits per heavy atom. The van der Waals surface area contributed by atoms with Gasteiger partial charge in [0.2, 0.25) is 11.8 Å². The Bertz CT molecular complexity index is 2290. The van der Waals surface area contributed by atoms with Crippen molar-refractivity contribution in [3.63, 3.8) is 0 Å². The number of rotatable bonds is 8. The molecule has 2 saturated heterocycles. The van der Waals surface area contributed by atoms with E-state index < -0.39 is 11.9 Å². The van der Waals surface area contributed by atoms with Crippen molar-refractivity contribution in [3.05, 3.63) is 94.2 Å². The van der Waals surface area contributed by atoms with Gasteiger partial charge >= 0.3 is 5.69 Å². The van der Waals surface area contributed by atoms with Crippen LogP contribution in [0.5, 0.6) is 0 Å². The standard InChI is InChI=1S/C40H42N8O4/c1-45-35-26(4-2-6-32(35)48(39(45)52)33-11-12-34(49)44-38(33)51)5-3-17-46-18-20-47(21-19-46)28-9-7-25(8-10-28)30-22-27(13-16-41-30)31-23-29-36(43-31)40(14-15-40)24-42-37(29)50/h2,4,6-10,13,16,22-23,33,43H,3,5,11-12,14-15,17-21,24H2,1H3,(H,42,50)(H,44,49,51). The highest BCUT2D eigenvalue weighted by Gasteiger charge is 2.50. The summed E-state index contributed by atoms with van der Waals surface area (Å²) in [6.45, 7) is 5.51. The summed E-state index contributed by atoms with van der Waals surface area (Å²) in [4.78, 5) is 63.3. The zero-order valence-corrected chi connectivity index (χ0v) is 29.3. The zero-order chi connectivity index (χ0) is 35.6. The minimum atomic E-state index is -0.679. The summed E-state index contributed by atoms with van der Waals surface area (Å²) in [5.74, 6) is -0.701. The Kier molecular flexibility index (Phi) is 7.87. The lowest BCUT2D eigenvalue weighted by molar-refractivity contribution is -0.135. The van der Waals surface area contributed by atoms with Crippen molar-refractivity contribution < 1.29 is 14.4 Å². The Balaban J connectivity index is 0.814. The summed E-state index contributed by atoms with van der Waals surface area (Å²) in [5.41, 5.74) is 9.53. The number of anilines is 1. The SMILES string of the molecule is Cn1c(=O)n(C2CCC(=O)NC2=O)c2cccc(CCCN3CCN(c4ccc(-c5cc(-c6cc7c([nH]6)C6(CC6)CNC7=O)ccn5)cc4)CC3)c21. The van der Waals surface area contributed by atoms with E-state index >= 15 is 0 Å². The number of piperazine rings is 1. The van der Waals surface area contributed by atoms with Gasteiger partial charge in [-0.15, -0.1) is 0 Å². The number of fused-ring (bicyclic) bond motifs is 3. The molecule has 12 nitrogen and oxygen atoms in total. The average Bonchev–Trinajstić information content (AvgIpc) is 3.71. The normalized spacial score (nSPS) is 19.9.